The Hall–Kier alpha value is -1.01. The summed E-state index contributed by atoms with van der Waals surface area (Å²) in [6.45, 7) is 6.69. The molecule has 6 heteroatoms. The molecule has 5 nitrogen and oxygen atoms in total. The summed E-state index contributed by atoms with van der Waals surface area (Å²) in [5.41, 5.74) is 1.98. The topological polar surface area (TPSA) is 75.4 Å². The van der Waals surface area contributed by atoms with E-state index in [0.29, 0.717) is 18.2 Å². The van der Waals surface area contributed by atoms with Crippen molar-refractivity contribution in [1.29, 1.82) is 0 Å². The Morgan fingerprint density at radius 3 is 2.85 bits per heavy atom. The third-order valence-corrected chi connectivity index (χ3v) is 4.13. The summed E-state index contributed by atoms with van der Waals surface area (Å²) in [5.74, 6) is 2.38. The number of hydrogen-bond acceptors (Lipinski definition) is 5. The molecule has 2 N–H and O–H groups in total. The first-order valence-electron chi connectivity index (χ1n) is 6.91. The number of thioether (sulfide) groups is 1. The molecule has 0 aliphatic carbocycles. The summed E-state index contributed by atoms with van der Waals surface area (Å²) in [6, 6.07) is 0. The fourth-order valence-electron chi connectivity index (χ4n) is 1.77. The first-order valence-corrected chi connectivity index (χ1v) is 8.07. The number of aryl methyl sites for hydroxylation is 2. The van der Waals surface area contributed by atoms with Crippen molar-refractivity contribution < 1.29 is 14.4 Å². The molecule has 0 aliphatic heterocycles. The minimum Gasteiger partial charge on any atom is -0.396 e. The quantitative estimate of drug-likeness (QED) is 0.683. The van der Waals surface area contributed by atoms with Crippen molar-refractivity contribution in [2.45, 2.75) is 39.4 Å². The summed E-state index contributed by atoms with van der Waals surface area (Å²) in [7, 11) is 0. The molecule has 1 rings (SSSR count). The van der Waals surface area contributed by atoms with Crippen LogP contribution in [0.2, 0.25) is 0 Å². The van der Waals surface area contributed by atoms with E-state index in [1.54, 1.807) is 11.8 Å². The monoisotopic (exact) mass is 300 g/mol. The van der Waals surface area contributed by atoms with Gasteiger partial charge in [0.05, 0.1) is 11.4 Å². The summed E-state index contributed by atoms with van der Waals surface area (Å²) >= 11 is 1.56. The van der Waals surface area contributed by atoms with Crippen LogP contribution in [0.1, 0.15) is 36.8 Å². The average molecular weight is 300 g/mol. The second-order valence-corrected chi connectivity index (χ2v) is 6.06. The first-order chi connectivity index (χ1) is 9.54. The van der Waals surface area contributed by atoms with E-state index in [0.717, 1.165) is 35.6 Å². The Bertz CT molecular complexity index is 401. The van der Waals surface area contributed by atoms with Crippen molar-refractivity contribution in [2.75, 3.05) is 18.9 Å². The van der Waals surface area contributed by atoms with Gasteiger partial charge < -0.3 is 14.9 Å². The lowest BCUT2D eigenvalue weighted by atomic mass is 10.1. The normalized spacial score (nSPS) is 12.4. The zero-order valence-corrected chi connectivity index (χ0v) is 13.3. The highest BCUT2D eigenvalue weighted by Crippen LogP contribution is 2.19. The van der Waals surface area contributed by atoms with Crippen LogP contribution in [0.5, 0.6) is 0 Å². The van der Waals surface area contributed by atoms with Gasteiger partial charge in [0.2, 0.25) is 5.91 Å². The molecule has 20 heavy (non-hydrogen) atoms. The van der Waals surface area contributed by atoms with Crippen LogP contribution in [-0.4, -0.2) is 35.1 Å². The second kappa shape index (κ2) is 9.02. The van der Waals surface area contributed by atoms with Crippen LogP contribution < -0.4 is 5.32 Å². The maximum absolute atomic E-state index is 11.6. The Balaban J connectivity index is 2.12. The van der Waals surface area contributed by atoms with E-state index in [4.69, 9.17) is 9.63 Å². The summed E-state index contributed by atoms with van der Waals surface area (Å²) in [5, 5.41) is 15.7. The maximum atomic E-state index is 11.6. The van der Waals surface area contributed by atoms with Crippen LogP contribution in [0.15, 0.2) is 4.52 Å². The first kappa shape index (κ1) is 17.0. The van der Waals surface area contributed by atoms with Gasteiger partial charge >= 0.3 is 0 Å². The SMILES string of the molecule is Cc1noc(C)c1CSCC(=O)NCCCC(C)CO. The highest BCUT2D eigenvalue weighted by Gasteiger charge is 2.10. The van der Waals surface area contributed by atoms with Crippen LogP contribution >= 0.6 is 11.8 Å². The molecule has 114 valence electrons. The van der Waals surface area contributed by atoms with Gasteiger partial charge in [-0.3, -0.25) is 4.79 Å². The van der Waals surface area contributed by atoms with Gasteiger partial charge in [-0.05, 0) is 32.6 Å². The fraction of sp³-hybridized carbons (Fsp3) is 0.714. The molecule has 0 fully saturated rings. The number of aliphatic hydroxyl groups excluding tert-OH is 1. The lowest BCUT2D eigenvalue weighted by Crippen LogP contribution is -2.26. The Kier molecular flexibility index (Phi) is 7.69. The van der Waals surface area contributed by atoms with E-state index in [1.807, 2.05) is 20.8 Å². The molecule has 0 radical (unpaired) electrons. The third-order valence-electron chi connectivity index (χ3n) is 3.17. The van der Waals surface area contributed by atoms with Gasteiger partial charge in [-0.15, -0.1) is 11.8 Å². The molecule has 0 saturated carbocycles. The predicted molar refractivity (Wildman–Crippen MR) is 80.6 cm³/mol. The van der Waals surface area contributed by atoms with E-state index in [9.17, 15) is 4.79 Å². The van der Waals surface area contributed by atoms with E-state index < -0.39 is 0 Å². The number of carbonyl (C=O) groups excluding carboxylic acids is 1. The minimum absolute atomic E-state index is 0.0541. The molecule has 0 aromatic carbocycles. The van der Waals surface area contributed by atoms with Crippen LogP contribution in [0.25, 0.3) is 0 Å². The molecule has 1 atom stereocenters. The number of hydrogen-bond donors (Lipinski definition) is 2. The molecule has 1 unspecified atom stereocenters. The Labute approximate surface area is 124 Å². The predicted octanol–water partition coefficient (Wildman–Crippen LogP) is 2.05. The zero-order valence-electron chi connectivity index (χ0n) is 12.4. The number of aliphatic hydroxyl groups is 1. The number of nitrogens with zero attached hydrogens (tertiary/aromatic N) is 1. The van der Waals surface area contributed by atoms with Crippen molar-refractivity contribution in [3.8, 4) is 0 Å². The lowest BCUT2D eigenvalue weighted by molar-refractivity contribution is -0.118. The molecule has 1 aromatic rings. The lowest BCUT2D eigenvalue weighted by Gasteiger charge is -2.08. The number of rotatable bonds is 9. The molecule has 0 saturated heterocycles. The highest BCUT2D eigenvalue weighted by atomic mass is 32.2. The van der Waals surface area contributed by atoms with E-state index >= 15 is 0 Å². The second-order valence-electron chi connectivity index (χ2n) is 5.08. The molecule has 0 bridgehead atoms. The summed E-state index contributed by atoms with van der Waals surface area (Å²) < 4.78 is 5.08. The van der Waals surface area contributed by atoms with E-state index in [1.165, 1.54) is 0 Å². The van der Waals surface area contributed by atoms with E-state index in [2.05, 4.69) is 10.5 Å². The van der Waals surface area contributed by atoms with Gasteiger partial charge in [-0.25, -0.2) is 0 Å². The van der Waals surface area contributed by atoms with Gasteiger partial charge in [0.1, 0.15) is 5.76 Å². The smallest absolute Gasteiger partial charge is 0.230 e. The minimum atomic E-state index is 0.0541. The fourth-order valence-corrected chi connectivity index (χ4v) is 2.78. The maximum Gasteiger partial charge on any atom is 0.230 e. The van der Waals surface area contributed by atoms with Gasteiger partial charge in [-0.1, -0.05) is 12.1 Å². The molecule has 0 aliphatic rings. The van der Waals surface area contributed by atoms with Gasteiger partial charge in [0.25, 0.3) is 0 Å². The Morgan fingerprint density at radius 2 is 2.25 bits per heavy atom. The van der Waals surface area contributed by atoms with Crippen molar-refractivity contribution in [3.63, 3.8) is 0 Å². The zero-order chi connectivity index (χ0) is 15.0. The molecule has 1 amide bonds. The van der Waals surface area contributed by atoms with Crippen LogP contribution in [0, 0.1) is 19.8 Å². The standard InChI is InChI=1S/C14H24N2O3S/c1-10(7-17)5-4-6-15-14(18)9-20-8-13-11(2)16-19-12(13)3/h10,17H,4-9H2,1-3H3,(H,15,18). The van der Waals surface area contributed by atoms with Crippen molar-refractivity contribution in [3.05, 3.63) is 17.0 Å². The van der Waals surface area contributed by atoms with Crippen molar-refractivity contribution in [1.82, 2.24) is 10.5 Å². The Morgan fingerprint density at radius 1 is 1.50 bits per heavy atom. The molecule has 1 aromatic heterocycles. The summed E-state index contributed by atoms with van der Waals surface area (Å²) in [6.07, 6.45) is 1.84. The average Bonchev–Trinajstić information content (AvgIpc) is 2.75. The largest absolute Gasteiger partial charge is 0.396 e. The summed E-state index contributed by atoms with van der Waals surface area (Å²) in [4.78, 5) is 11.6. The van der Waals surface area contributed by atoms with Crippen LogP contribution in [-0.2, 0) is 10.5 Å². The highest BCUT2D eigenvalue weighted by molar-refractivity contribution is 7.99. The van der Waals surface area contributed by atoms with Gasteiger partial charge in [0, 0.05) is 24.5 Å². The number of nitrogens with one attached hydrogen (secondary N) is 1. The number of aromatic nitrogens is 1. The van der Waals surface area contributed by atoms with Gasteiger partial charge in [0.15, 0.2) is 0 Å². The van der Waals surface area contributed by atoms with Gasteiger partial charge in [-0.2, -0.15) is 0 Å². The molecular weight excluding hydrogens is 276 g/mol. The van der Waals surface area contributed by atoms with Crippen molar-refractivity contribution in [2.24, 2.45) is 5.92 Å². The molecular formula is C14H24N2O3S. The number of amides is 1. The number of carbonyl (C=O) groups is 1. The molecule has 1 heterocycles. The van der Waals surface area contributed by atoms with Crippen LogP contribution in [0.3, 0.4) is 0 Å². The van der Waals surface area contributed by atoms with Crippen molar-refractivity contribution >= 4 is 17.7 Å². The molecule has 0 spiro atoms. The van der Waals surface area contributed by atoms with Crippen LogP contribution in [0.4, 0.5) is 0 Å². The third kappa shape index (κ3) is 5.96. The van der Waals surface area contributed by atoms with E-state index in [-0.39, 0.29) is 12.5 Å².